The van der Waals surface area contributed by atoms with Crippen molar-refractivity contribution in [2.75, 3.05) is 14.2 Å². The Morgan fingerprint density at radius 1 is 0.644 bits per heavy atom. The van der Waals surface area contributed by atoms with Crippen molar-refractivity contribution in [3.05, 3.63) is 117 Å². The third-order valence-electron chi connectivity index (χ3n) is 7.73. The van der Waals surface area contributed by atoms with Gasteiger partial charge in [0, 0.05) is 44.3 Å². The highest BCUT2D eigenvalue weighted by Crippen LogP contribution is 2.19. The second-order valence-electron chi connectivity index (χ2n) is 14.7. The van der Waals surface area contributed by atoms with Crippen LogP contribution in [-0.4, -0.2) is 79.1 Å². The van der Waals surface area contributed by atoms with Gasteiger partial charge in [0.2, 0.25) is 0 Å². The highest BCUT2D eigenvalue weighted by atomic mass is 79.9. The zero-order valence-electron chi connectivity index (χ0n) is 34.3. The SMILES string of the molecule is C#Cc1cc(C(=O)OC)ccc1C.CC(C)(C)OC(=O)n1ncc2cc(Br)cnc21.COC(=O)c1ccc(C)c(C#Cc2cnc3c(cnn3C(=O)OC(C)(C)C)c2)c1. The molecule has 0 unspecified atom stereocenters. The van der Waals surface area contributed by atoms with Crippen LogP contribution in [0.5, 0.6) is 0 Å². The Labute approximate surface area is 350 Å². The number of hydrogen-bond donors (Lipinski definition) is 0. The number of nitrogens with zero attached hydrogens (tertiary/aromatic N) is 6. The fraction of sp³-hybridized carbons (Fsp3) is 0.273. The lowest BCUT2D eigenvalue weighted by atomic mass is 10.0. The van der Waals surface area contributed by atoms with Crippen LogP contribution in [0.3, 0.4) is 0 Å². The number of halogens is 1. The summed E-state index contributed by atoms with van der Waals surface area (Å²) < 4.78 is 23.0. The van der Waals surface area contributed by atoms with Gasteiger partial charge >= 0.3 is 24.1 Å². The molecule has 6 aromatic rings. The largest absolute Gasteiger partial charge is 0.465 e. The summed E-state index contributed by atoms with van der Waals surface area (Å²) in [5.41, 5.74) is 4.66. The average molecular weight is 864 g/mol. The Kier molecular flexibility index (Phi) is 14.5. The van der Waals surface area contributed by atoms with Crippen molar-refractivity contribution in [3.63, 3.8) is 0 Å². The van der Waals surface area contributed by atoms with Gasteiger partial charge in [-0.1, -0.05) is 29.9 Å². The number of ether oxygens (including phenoxy) is 4. The molecule has 59 heavy (non-hydrogen) atoms. The molecule has 15 heteroatoms. The van der Waals surface area contributed by atoms with E-state index in [2.05, 4.69) is 58.6 Å². The average Bonchev–Trinajstić information content (AvgIpc) is 3.80. The topological polar surface area (TPSA) is 167 Å². The van der Waals surface area contributed by atoms with E-state index in [1.165, 1.54) is 14.2 Å². The van der Waals surface area contributed by atoms with Crippen molar-refractivity contribution in [1.82, 2.24) is 29.5 Å². The fourth-order valence-corrected chi connectivity index (χ4v) is 5.27. The molecule has 0 N–H and O–H groups in total. The first-order valence-electron chi connectivity index (χ1n) is 17.9. The highest BCUT2D eigenvalue weighted by Gasteiger charge is 2.22. The molecule has 0 atom stereocenters. The molecule has 2 aromatic carbocycles. The Morgan fingerprint density at radius 3 is 1.58 bits per heavy atom. The molecule has 4 aromatic heterocycles. The number of hydrogen-bond acceptors (Lipinski definition) is 12. The Bertz CT molecular complexity index is 2650. The second kappa shape index (κ2) is 19.1. The lowest BCUT2D eigenvalue weighted by molar-refractivity contribution is 0.0510. The molecule has 14 nitrogen and oxygen atoms in total. The second-order valence-corrected chi connectivity index (χ2v) is 15.6. The van der Waals surface area contributed by atoms with E-state index in [-0.39, 0.29) is 5.97 Å². The van der Waals surface area contributed by atoms with Gasteiger partial charge in [0.1, 0.15) is 11.2 Å². The van der Waals surface area contributed by atoms with Gasteiger partial charge in [-0.15, -0.1) is 15.8 Å². The smallest absolute Gasteiger partial charge is 0.437 e. The van der Waals surface area contributed by atoms with Gasteiger partial charge in [-0.05, 0) is 119 Å². The molecule has 0 aliphatic carbocycles. The molecule has 0 aliphatic heterocycles. The molecular weight excluding hydrogens is 820 g/mol. The predicted molar refractivity (Wildman–Crippen MR) is 225 cm³/mol. The standard InChI is InChI=1S/C22H21N3O4.C11H12BrN3O2.C11H10O2/c1-14-6-8-17(20(26)28-5)11-16(14)9-7-15-10-18-13-24-25(19(18)23-12-15)21(27)29-22(2,3)4;1-11(2,3)17-10(16)15-9-7(5-14-15)4-8(12)6-13-9;1-4-9-7-10(11(12)13-3)6-5-8(9)2/h6,8,10-13H,1-5H3;4-6H,1-3H3;1,5-7H,2-3H3. The number of aromatic nitrogens is 6. The third-order valence-corrected chi connectivity index (χ3v) is 8.16. The maximum atomic E-state index is 12.3. The molecule has 4 heterocycles. The van der Waals surface area contributed by atoms with Crippen LogP contribution in [0.15, 0.2) is 77.8 Å². The maximum Gasteiger partial charge on any atom is 0.437 e. The van der Waals surface area contributed by atoms with E-state index in [9.17, 15) is 19.2 Å². The van der Waals surface area contributed by atoms with Crippen LogP contribution in [0.25, 0.3) is 22.1 Å². The summed E-state index contributed by atoms with van der Waals surface area (Å²) in [6, 6.07) is 14.0. The van der Waals surface area contributed by atoms with Gasteiger partial charge < -0.3 is 18.9 Å². The zero-order chi connectivity index (χ0) is 43.7. The molecule has 6 rings (SSSR count). The Morgan fingerprint density at radius 2 is 1.10 bits per heavy atom. The summed E-state index contributed by atoms with van der Waals surface area (Å²) in [4.78, 5) is 55.4. The number of carbonyl (C=O) groups excluding carboxylic acids is 4. The van der Waals surface area contributed by atoms with Crippen molar-refractivity contribution in [3.8, 4) is 24.2 Å². The van der Waals surface area contributed by atoms with Gasteiger partial charge in [-0.25, -0.2) is 29.1 Å². The number of fused-ring (bicyclic) bond motifs is 2. The molecule has 0 amide bonds. The van der Waals surface area contributed by atoms with Gasteiger partial charge in [0.25, 0.3) is 0 Å². The fourth-order valence-electron chi connectivity index (χ4n) is 4.92. The zero-order valence-corrected chi connectivity index (χ0v) is 35.9. The molecule has 0 aliphatic rings. The minimum Gasteiger partial charge on any atom is -0.465 e. The normalized spacial score (nSPS) is 10.7. The van der Waals surface area contributed by atoms with Crippen LogP contribution >= 0.6 is 15.9 Å². The molecule has 0 spiro atoms. The maximum absolute atomic E-state index is 12.3. The van der Waals surface area contributed by atoms with Crippen molar-refractivity contribution in [2.45, 2.75) is 66.6 Å². The number of pyridine rings is 2. The van der Waals surface area contributed by atoms with E-state index in [1.807, 2.05) is 26.0 Å². The molecule has 304 valence electrons. The van der Waals surface area contributed by atoms with Crippen LogP contribution in [0.2, 0.25) is 0 Å². The first-order chi connectivity index (χ1) is 27.7. The number of methoxy groups -OCH3 is 2. The first kappa shape index (κ1) is 44.9. The van der Waals surface area contributed by atoms with Crippen molar-refractivity contribution < 1.29 is 38.1 Å². The van der Waals surface area contributed by atoms with Crippen LogP contribution < -0.4 is 0 Å². The summed E-state index contributed by atoms with van der Waals surface area (Å²) in [6.45, 7) is 14.6. The Balaban J connectivity index is 0.000000216. The van der Waals surface area contributed by atoms with E-state index in [1.54, 1.807) is 103 Å². The van der Waals surface area contributed by atoms with E-state index in [0.29, 0.717) is 33.4 Å². The van der Waals surface area contributed by atoms with E-state index in [0.717, 1.165) is 41.5 Å². The summed E-state index contributed by atoms with van der Waals surface area (Å²) in [7, 11) is 2.68. The van der Waals surface area contributed by atoms with Gasteiger partial charge in [-0.3, -0.25) is 0 Å². The van der Waals surface area contributed by atoms with Crippen molar-refractivity contribution in [2.24, 2.45) is 0 Å². The van der Waals surface area contributed by atoms with Crippen LogP contribution in [-0.2, 0) is 18.9 Å². The Hall–Kier alpha value is -6.84. The van der Waals surface area contributed by atoms with Crippen molar-refractivity contribution in [1.29, 1.82) is 0 Å². The van der Waals surface area contributed by atoms with E-state index in [4.69, 9.17) is 20.6 Å². The number of terminal acetylenes is 1. The first-order valence-corrected chi connectivity index (χ1v) is 18.7. The predicted octanol–water partition coefficient (Wildman–Crippen LogP) is 8.45. The number of esters is 2. The molecular formula is C44H43BrN6O8. The highest BCUT2D eigenvalue weighted by molar-refractivity contribution is 9.10. The van der Waals surface area contributed by atoms with Crippen LogP contribution in [0.4, 0.5) is 9.59 Å². The van der Waals surface area contributed by atoms with Gasteiger partial charge in [0.05, 0.1) is 37.7 Å². The van der Waals surface area contributed by atoms with Crippen molar-refractivity contribution >= 4 is 62.1 Å². The van der Waals surface area contributed by atoms with Crippen LogP contribution in [0, 0.1) is 38.0 Å². The summed E-state index contributed by atoms with van der Waals surface area (Å²) in [5, 5.41) is 9.50. The van der Waals surface area contributed by atoms with E-state index < -0.39 is 29.4 Å². The minimum atomic E-state index is -0.628. The molecule has 0 bridgehead atoms. The van der Waals surface area contributed by atoms with Crippen LogP contribution in [0.1, 0.15) is 90.1 Å². The number of carbonyl (C=O) groups is 4. The number of benzene rings is 2. The molecule has 0 saturated carbocycles. The molecule has 0 fully saturated rings. The quantitative estimate of drug-likeness (QED) is 0.0928. The molecule has 0 saturated heterocycles. The van der Waals surface area contributed by atoms with E-state index >= 15 is 0 Å². The van der Waals surface area contributed by atoms with Gasteiger partial charge in [0.15, 0.2) is 11.3 Å². The van der Waals surface area contributed by atoms with Gasteiger partial charge in [-0.2, -0.15) is 10.2 Å². The summed E-state index contributed by atoms with van der Waals surface area (Å²) in [5.74, 6) is 7.83. The summed E-state index contributed by atoms with van der Waals surface area (Å²) in [6.07, 6.45) is 10.4. The summed E-state index contributed by atoms with van der Waals surface area (Å²) >= 11 is 3.31. The third kappa shape index (κ3) is 12.3. The molecule has 0 radical (unpaired) electrons. The minimum absolute atomic E-state index is 0.364. The monoisotopic (exact) mass is 862 g/mol. The lowest BCUT2D eigenvalue weighted by Crippen LogP contribution is -2.27. The lowest BCUT2D eigenvalue weighted by Gasteiger charge is -2.18. The number of rotatable bonds is 2. The number of aryl methyl sites for hydroxylation is 2.